The van der Waals surface area contributed by atoms with Gasteiger partial charge in [0.15, 0.2) is 0 Å². The fourth-order valence-corrected chi connectivity index (χ4v) is 4.57. The highest BCUT2D eigenvalue weighted by Crippen LogP contribution is 2.20. The Hall–Kier alpha value is -2.84. The fourth-order valence-electron chi connectivity index (χ4n) is 4.57. The molecule has 1 saturated carbocycles. The summed E-state index contributed by atoms with van der Waals surface area (Å²) in [5.74, 6) is 0.501. The number of anilines is 1. The number of pyridine rings is 2. The number of allylic oxidation sites excluding steroid dienone is 1. The van der Waals surface area contributed by atoms with Gasteiger partial charge in [-0.2, -0.15) is 0 Å². The molecule has 8 nitrogen and oxygen atoms in total. The normalized spacial score (nSPS) is 18.7. The van der Waals surface area contributed by atoms with Crippen LogP contribution in [-0.4, -0.2) is 58.8 Å². The van der Waals surface area contributed by atoms with Gasteiger partial charge in [-0.1, -0.05) is 19.8 Å². The van der Waals surface area contributed by atoms with Crippen LogP contribution >= 0.6 is 0 Å². The first kappa shape index (κ1) is 22.4. The summed E-state index contributed by atoms with van der Waals surface area (Å²) in [6, 6.07) is 6.16. The second-order valence-electron chi connectivity index (χ2n) is 8.77. The highest BCUT2D eigenvalue weighted by atomic mass is 16.2. The van der Waals surface area contributed by atoms with E-state index in [1.807, 2.05) is 18.3 Å². The maximum Gasteiger partial charge on any atom is 0.320 e. The molecule has 0 spiro atoms. The lowest BCUT2D eigenvalue weighted by Crippen LogP contribution is -2.86. The second-order valence-corrected chi connectivity index (χ2v) is 8.77. The molecule has 2 aromatic heterocycles. The van der Waals surface area contributed by atoms with Gasteiger partial charge in [-0.3, -0.25) is 10.3 Å². The van der Waals surface area contributed by atoms with Crippen molar-refractivity contribution in [3.8, 4) is 0 Å². The summed E-state index contributed by atoms with van der Waals surface area (Å²) in [5, 5.41) is 16.0. The number of urea groups is 1. The molecule has 1 aliphatic heterocycles. The first-order chi connectivity index (χ1) is 15.6. The van der Waals surface area contributed by atoms with E-state index in [4.69, 9.17) is 5.41 Å². The lowest BCUT2D eigenvalue weighted by molar-refractivity contribution is -0.628. The highest BCUT2D eigenvalue weighted by molar-refractivity contribution is 6.08. The van der Waals surface area contributed by atoms with Crippen molar-refractivity contribution in [1.82, 2.24) is 20.2 Å². The number of aromatic nitrogens is 2. The number of quaternary nitrogens is 1. The molecule has 2 aromatic rings. The van der Waals surface area contributed by atoms with Gasteiger partial charge in [0.25, 0.3) is 0 Å². The maximum absolute atomic E-state index is 12.3. The molecule has 1 aliphatic carbocycles. The predicted molar refractivity (Wildman–Crippen MR) is 128 cm³/mol. The van der Waals surface area contributed by atoms with Crippen LogP contribution in [0.5, 0.6) is 0 Å². The maximum atomic E-state index is 12.3. The fraction of sp³-hybridized carbons (Fsp3) is 0.500. The summed E-state index contributed by atoms with van der Waals surface area (Å²) < 4.78 is 0. The van der Waals surface area contributed by atoms with Crippen molar-refractivity contribution in [1.29, 1.82) is 5.41 Å². The third-order valence-electron chi connectivity index (χ3n) is 6.59. The standard InChI is InChI=1S/C24H33N7O/c1-2-31-11-9-19(10-12-31)26-16-18(14-25)17-13-22-21(27-15-17)7-8-23(29-22)30-24(32)28-20-5-3-4-6-20/h7-8,13-16,19-20,25-26H,2-6,9-12H2,1H3,(H2,28,29,30,32)/p+1. The number of likely N-dealkylation sites (tertiary alicyclic amines) is 1. The molecule has 0 atom stereocenters. The molecule has 4 rings (SSSR count). The molecule has 32 heavy (non-hydrogen) atoms. The highest BCUT2D eigenvalue weighted by Gasteiger charge is 2.20. The van der Waals surface area contributed by atoms with Crippen LogP contribution < -0.4 is 16.0 Å². The van der Waals surface area contributed by atoms with E-state index < -0.39 is 0 Å². The van der Waals surface area contributed by atoms with E-state index in [1.165, 1.54) is 19.1 Å². The van der Waals surface area contributed by atoms with Crippen LogP contribution in [0.15, 0.2) is 30.6 Å². The van der Waals surface area contributed by atoms with E-state index in [2.05, 4.69) is 37.7 Å². The summed E-state index contributed by atoms with van der Waals surface area (Å²) in [7, 11) is 0. The minimum atomic E-state index is -0.211. The van der Waals surface area contributed by atoms with E-state index in [-0.39, 0.29) is 12.1 Å². The zero-order valence-corrected chi connectivity index (χ0v) is 18.8. The van der Waals surface area contributed by atoms with Crippen LogP contribution in [0.2, 0.25) is 0 Å². The third kappa shape index (κ3) is 5.69. The minimum absolute atomic E-state index is 0.211. The number of carbonyl (C=O) groups is 1. The van der Waals surface area contributed by atoms with Crippen molar-refractivity contribution in [2.45, 2.75) is 57.5 Å². The van der Waals surface area contributed by atoms with Crippen LogP contribution in [0.25, 0.3) is 16.6 Å². The number of rotatable bonds is 7. The van der Waals surface area contributed by atoms with Gasteiger partial charge >= 0.3 is 6.03 Å². The molecule has 5 N–H and O–H groups in total. The molecular weight excluding hydrogens is 402 g/mol. The molecule has 2 fully saturated rings. The molecule has 170 valence electrons. The van der Waals surface area contributed by atoms with Crippen molar-refractivity contribution in [3.63, 3.8) is 0 Å². The molecule has 0 unspecified atom stereocenters. The van der Waals surface area contributed by atoms with Gasteiger partial charge in [0.1, 0.15) is 12.0 Å². The molecule has 0 bridgehead atoms. The van der Waals surface area contributed by atoms with Crippen molar-refractivity contribution >= 4 is 34.7 Å². The Morgan fingerprint density at radius 3 is 2.72 bits per heavy atom. The molecule has 1 saturated heterocycles. The Bertz CT molecular complexity index is 975. The van der Waals surface area contributed by atoms with Gasteiger partial charge in [0.2, 0.25) is 0 Å². The van der Waals surface area contributed by atoms with Gasteiger partial charge < -0.3 is 20.9 Å². The van der Waals surface area contributed by atoms with Crippen LogP contribution in [0.1, 0.15) is 51.0 Å². The Balaban J connectivity index is 1.43. The van der Waals surface area contributed by atoms with Gasteiger partial charge in [-0.25, -0.2) is 9.78 Å². The Labute approximate surface area is 189 Å². The van der Waals surface area contributed by atoms with E-state index in [9.17, 15) is 4.79 Å². The minimum Gasteiger partial charge on any atom is -0.335 e. The molecule has 2 amide bonds. The van der Waals surface area contributed by atoms with Crippen LogP contribution in [-0.2, 0) is 0 Å². The second kappa shape index (κ2) is 10.7. The zero-order valence-electron chi connectivity index (χ0n) is 18.8. The van der Waals surface area contributed by atoms with Crippen molar-refractivity contribution < 1.29 is 10.1 Å². The number of amides is 2. The van der Waals surface area contributed by atoms with E-state index in [0.29, 0.717) is 17.4 Å². The summed E-state index contributed by atoms with van der Waals surface area (Å²) >= 11 is 0. The van der Waals surface area contributed by atoms with Gasteiger partial charge in [0, 0.05) is 49.9 Å². The summed E-state index contributed by atoms with van der Waals surface area (Å²) in [6.07, 6.45) is 11.9. The first-order valence-electron chi connectivity index (χ1n) is 11.8. The molecule has 0 radical (unpaired) electrons. The molecule has 3 heterocycles. The number of hydrogen-bond donors (Lipinski definition) is 4. The van der Waals surface area contributed by atoms with Crippen LogP contribution in [0, 0.1) is 5.41 Å². The van der Waals surface area contributed by atoms with E-state index in [1.54, 1.807) is 12.3 Å². The molecule has 8 heteroatoms. The lowest BCUT2D eigenvalue weighted by atomic mass is 10.0. The average molecular weight is 437 g/mol. The number of nitrogens with one attached hydrogen (secondary N) is 3. The number of hydrogen-bond acceptors (Lipinski definition) is 5. The summed E-state index contributed by atoms with van der Waals surface area (Å²) in [5.41, 5.74) is 3.13. The van der Waals surface area contributed by atoms with Gasteiger partial charge in [-0.15, -0.1) is 0 Å². The van der Waals surface area contributed by atoms with Crippen molar-refractivity contribution in [3.05, 3.63) is 36.2 Å². The topological polar surface area (TPSA) is 111 Å². The van der Waals surface area contributed by atoms with Gasteiger partial charge in [-0.05, 0) is 37.6 Å². The smallest absolute Gasteiger partial charge is 0.320 e. The Kier molecular flexibility index (Phi) is 7.44. The van der Waals surface area contributed by atoms with E-state index >= 15 is 0 Å². The SMILES string of the molecule is CCN1CCC([NH2+]C=C(C=N)c2cnc3ccc(NC(=O)NC4CCCC4)nc3c2)CC1. The summed E-state index contributed by atoms with van der Waals surface area (Å²) in [4.78, 5) is 23.8. The largest absolute Gasteiger partial charge is 0.335 e. The van der Waals surface area contributed by atoms with Crippen molar-refractivity contribution in [2.24, 2.45) is 0 Å². The summed E-state index contributed by atoms with van der Waals surface area (Å²) in [6.45, 7) is 5.60. The molecule has 2 aliphatic rings. The lowest BCUT2D eigenvalue weighted by Gasteiger charge is -2.28. The average Bonchev–Trinajstić information content (AvgIpc) is 3.32. The Morgan fingerprint density at radius 1 is 1.22 bits per heavy atom. The quantitative estimate of drug-likeness (QED) is 0.500. The number of nitrogens with zero attached hydrogens (tertiary/aromatic N) is 3. The van der Waals surface area contributed by atoms with Crippen molar-refractivity contribution in [2.75, 3.05) is 25.0 Å². The van der Waals surface area contributed by atoms with Crippen LogP contribution in [0.4, 0.5) is 10.6 Å². The molecular formula is C24H34N7O+. The monoisotopic (exact) mass is 436 g/mol. The Morgan fingerprint density at radius 2 is 2.00 bits per heavy atom. The zero-order chi connectivity index (χ0) is 22.3. The van der Waals surface area contributed by atoms with Gasteiger partial charge in [0.05, 0.1) is 22.6 Å². The van der Waals surface area contributed by atoms with E-state index in [0.717, 1.165) is 62.0 Å². The number of nitrogens with two attached hydrogens (primary N) is 1. The number of fused-ring (bicyclic) bond motifs is 1. The van der Waals surface area contributed by atoms with Crippen LogP contribution in [0.3, 0.4) is 0 Å². The number of piperidine rings is 1. The predicted octanol–water partition coefficient (Wildman–Crippen LogP) is 2.73. The third-order valence-corrected chi connectivity index (χ3v) is 6.59. The first-order valence-corrected chi connectivity index (χ1v) is 11.8. The number of carbonyl (C=O) groups excluding carboxylic acids is 1. The molecule has 0 aromatic carbocycles.